The standard InChI is InChI=1S/C14H17BrO2S/c15-14(13-6-7-18(16,17)9-13)12-5-4-10-2-1-3-11(10)8-12/h4-5,8,13-14H,1-3,6-7,9H2. The summed E-state index contributed by atoms with van der Waals surface area (Å²) in [5.74, 6) is 0.916. The molecule has 0 radical (unpaired) electrons. The van der Waals surface area contributed by atoms with Crippen LogP contribution in [-0.4, -0.2) is 19.9 Å². The van der Waals surface area contributed by atoms with E-state index in [2.05, 4.69) is 34.1 Å². The lowest BCUT2D eigenvalue weighted by Gasteiger charge is -2.17. The van der Waals surface area contributed by atoms with Gasteiger partial charge in [-0.15, -0.1) is 0 Å². The summed E-state index contributed by atoms with van der Waals surface area (Å²) in [5.41, 5.74) is 4.17. The number of aryl methyl sites for hydroxylation is 2. The fourth-order valence-corrected chi connectivity index (χ4v) is 5.91. The average Bonchev–Trinajstić information content (AvgIpc) is 2.93. The summed E-state index contributed by atoms with van der Waals surface area (Å²) in [5, 5.41) is 0. The van der Waals surface area contributed by atoms with Gasteiger partial charge in [-0.1, -0.05) is 34.1 Å². The summed E-state index contributed by atoms with van der Waals surface area (Å²) in [7, 11) is -2.79. The minimum absolute atomic E-state index is 0.181. The SMILES string of the molecule is O=S1(=O)CCC(C(Br)c2ccc3c(c2)CCC3)C1. The van der Waals surface area contributed by atoms with Crippen LogP contribution in [0.1, 0.15) is 34.4 Å². The first-order valence-electron chi connectivity index (χ1n) is 6.51. The van der Waals surface area contributed by atoms with Crippen LogP contribution in [-0.2, 0) is 22.7 Å². The number of fused-ring (bicyclic) bond motifs is 1. The summed E-state index contributed by atoms with van der Waals surface area (Å²) >= 11 is 3.71. The van der Waals surface area contributed by atoms with Crippen molar-refractivity contribution in [3.05, 3.63) is 34.9 Å². The first kappa shape index (κ1) is 12.7. The van der Waals surface area contributed by atoms with Crippen molar-refractivity contribution in [2.75, 3.05) is 11.5 Å². The minimum atomic E-state index is -2.79. The summed E-state index contributed by atoms with van der Waals surface area (Å²) in [6.45, 7) is 0. The lowest BCUT2D eigenvalue weighted by molar-refractivity contribution is 0.579. The molecular formula is C14H17BrO2S. The normalized spacial score (nSPS) is 27.1. The molecule has 1 aromatic carbocycles. The fraction of sp³-hybridized carbons (Fsp3) is 0.571. The van der Waals surface area contributed by atoms with E-state index < -0.39 is 9.84 Å². The maximum absolute atomic E-state index is 11.5. The molecule has 0 saturated carbocycles. The molecule has 3 rings (SSSR count). The zero-order chi connectivity index (χ0) is 12.8. The second-order valence-electron chi connectivity index (χ2n) is 5.45. The molecule has 0 bridgehead atoms. The van der Waals surface area contributed by atoms with Crippen molar-refractivity contribution in [3.63, 3.8) is 0 Å². The van der Waals surface area contributed by atoms with Crippen molar-refractivity contribution >= 4 is 25.8 Å². The maximum Gasteiger partial charge on any atom is 0.150 e. The predicted octanol–water partition coefficient (Wildman–Crippen LogP) is 3.05. The molecule has 1 heterocycles. The van der Waals surface area contributed by atoms with E-state index in [-0.39, 0.29) is 10.7 Å². The molecule has 1 saturated heterocycles. The van der Waals surface area contributed by atoms with Gasteiger partial charge in [0.05, 0.1) is 11.5 Å². The molecule has 1 aromatic rings. The molecule has 2 nitrogen and oxygen atoms in total. The third-order valence-corrected chi connectivity index (χ3v) is 7.19. The highest BCUT2D eigenvalue weighted by Gasteiger charge is 2.33. The van der Waals surface area contributed by atoms with Crippen molar-refractivity contribution in [2.24, 2.45) is 5.92 Å². The molecule has 4 heteroatoms. The Kier molecular flexibility index (Phi) is 3.27. The van der Waals surface area contributed by atoms with Gasteiger partial charge in [0.1, 0.15) is 0 Å². The zero-order valence-corrected chi connectivity index (χ0v) is 12.6. The highest BCUT2D eigenvalue weighted by atomic mass is 79.9. The molecule has 0 spiro atoms. The fourth-order valence-electron chi connectivity index (χ4n) is 3.09. The van der Waals surface area contributed by atoms with E-state index in [0.717, 1.165) is 6.42 Å². The van der Waals surface area contributed by atoms with Gasteiger partial charge in [-0.3, -0.25) is 0 Å². The Hall–Kier alpha value is -0.350. The average molecular weight is 329 g/mol. The largest absolute Gasteiger partial charge is 0.229 e. The highest BCUT2D eigenvalue weighted by Crippen LogP contribution is 2.39. The van der Waals surface area contributed by atoms with E-state index in [1.165, 1.54) is 36.0 Å². The van der Waals surface area contributed by atoms with Gasteiger partial charge in [0.25, 0.3) is 0 Å². The topological polar surface area (TPSA) is 34.1 Å². The summed E-state index contributed by atoms with van der Waals surface area (Å²) < 4.78 is 23.1. The van der Waals surface area contributed by atoms with Crippen molar-refractivity contribution < 1.29 is 8.42 Å². The van der Waals surface area contributed by atoms with Crippen molar-refractivity contribution in [1.29, 1.82) is 0 Å². The van der Waals surface area contributed by atoms with Gasteiger partial charge in [0.2, 0.25) is 0 Å². The third kappa shape index (κ3) is 2.37. The monoisotopic (exact) mass is 328 g/mol. The number of rotatable bonds is 2. The zero-order valence-electron chi connectivity index (χ0n) is 10.2. The number of sulfone groups is 1. The third-order valence-electron chi connectivity index (χ3n) is 4.12. The van der Waals surface area contributed by atoms with E-state index >= 15 is 0 Å². The number of hydrogen-bond donors (Lipinski definition) is 0. The van der Waals surface area contributed by atoms with E-state index in [0.29, 0.717) is 11.5 Å². The second kappa shape index (κ2) is 4.64. The van der Waals surface area contributed by atoms with Crippen LogP contribution in [0.3, 0.4) is 0 Å². The van der Waals surface area contributed by atoms with Crippen LogP contribution in [0.2, 0.25) is 0 Å². The van der Waals surface area contributed by atoms with Crippen LogP contribution in [0.5, 0.6) is 0 Å². The van der Waals surface area contributed by atoms with E-state index in [1.54, 1.807) is 0 Å². The quantitative estimate of drug-likeness (QED) is 0.782. The molecule has 1 fully saturated rings. The number of alkyl halides is 1. The molecule has 18 heavy (non-hydrogen) atoms. The maximum atomic E-state index is 11.5. The van der Waals surface area contributed by atoms with Crippen LogP contribution in [0, 0.1) is 5.92 Å². The molecule has 2 atom stereocenters. The Morgan fingerprint density at radius 1 is 1.22 bits per heavy atom. The summed E-state index contributed by atoms with van der Waals surface area (Å²) in [6.07, 6.45) is 4.41. The van der Waals surface area contributed by atoms with E-state index in [9.17, 15) is 8.42 Å². The van der Waals surface area contributed by atoms with Crippen molar-refractivity contribution in [1.82, 2.24) is 0 Å². The highest BCUT2D eigenvalue weighted by molar-refractivity contribution is 9.09. The Bertz CT molecular complexity index is 565. The van der Waals surface area contributed by atoms with Gasteiger partial charge in [-0.25, -0.2) is 8.42 Å². The molecule has 2 aliphatic rings. The first-order chi connectivity index (χ1) is 8.55. The van der Waals surface area contributed by atoms with Crippen LogP contribution in [0.25, 0.3) is 0 Å². The molecule has 0 aromatic heterocycles. The van der Waals surface area contributed by atoms with Crippen LogP contribution < -0.4 is 0 Å². The van der Waals surface area contributed by atoms with Crippen LogP contribution >= 0.6 is 15.9 Å². The van der Waals surface area contributed by atoms with E-state index in [1.807, 2.05) is 0 Å². The Labute approximate surface area is 117 Å². The van der Waals surface area contributed by atoms with Crippen LogP contribution in [0.4, 0.5) is 0 Å². The molecule has 1 aliphatic heterocycles. The van der Waals surface area contributed by atoms with Gasteiger partial charge in [0, 0.05) is 4.83 Å². The Balaban J connectivity index is 1.83. The number of hydrogen-bond acceptors (Lipinski definition) is 2. The van der Waals surface area contributed by atoms with Gasteiger partial charge in [0.15, 0.2) is 9.84 Å². The number of halogens is 1. The van der Waals surface area contributed by atoms with Crippen LogP contribution in [0.15, 0.2) is 18.2 Å². The van der Waals surface area contributed by atoms with Gasteiger partial charge in [-0.05, 0) is 48.3 Å². The van der Waals surface area contributed by atoms with Gasteiger partial charge >= 0.3 is 0 Å². The lowest BCUT2D eigenvalue weighted by atomic mass is 9.96. The van der Waals surface area contributed by atoms with Gasteiger partial charge in [-0.2, -0.15) is 0 Å². The molecule has 1 aliphatic carbocycles. The van der Waals surface area contributed by atoms with Crippen molar-refractivity contribution in [3.8, 4) is 0 Å². The summed E-state index contributed by atoms with van der Waals surface area (Å²) in [4.78, 5) is 0.181. The van der Waals surface area contributed by atoms with Crippen molar-refractivity contribution in [2.45, 2.75) is 30.5 Å². The number of benzene rings is 1. The Morgan fingerprint density at radius 3 is 2.72 bits per heavy atom. The minimum Gasteiger partial charge on any atom is -0.229 e. The molecule has 98 valence electrons. The van der Waals surface area contributed by atoms with E-state index in [4.69, 9.17) is 0 Å². The molecular weight excluding hydrogens is 312 g/mol. The second-order valence-corrected chi connectivity index (χ2v) is 8.66. The predicted molar refractivity (Wildman–Crippen MR) is 76.9 cm³/mol. The summed E-state index contributed by atoms with van der Waals surface area (Å²) in [6, 6.07) is 6.65. The lowest BCUT2D eigenvalue weighted by Crippen LogP contribution is -2.10. The molecule has 0 amide bonds. The molecule has 0 N–H and O–H groups in total. The molecule has 2 unspecified atom stereocenters. The first-order valence-corrected chi connectivity index (χ1v) is 9.25. The Morgan fingerprint density at radius 2 is 2.00 bits per heavy atom. The van der Waals surface area contributed by atoms with Gasteiger partial charge < -0.3 is 0 Å². The smallest absolute Gasteiger partial charge is 0.150 e.